The molecule has 0 amide bonds. The van der Waals surface area contributed by atoms with E-state index in [-0.39, 0.29) is 11.6 Å². The Balaban J connectivity index is 1.65. The lowest BCUT2D eigenvalue weighted by molar-refractivity contribution is 0.0722. The van der Waals surface area contributed by atoms with Crippen molar-refractivity contribution in [2.45, 2.75) is 17.5 Å². The minimum Gasteiger partial charge on any atom is -0.494 e. The molecule has 138 valence electrons. The molecule has 0 bridgehead atoms. The fourth-order valence-electron chi connectivity index (χ4n) is 2.77. The van der Waals surface area contributed by atoms with E-state index in [2.05, 4.69) is 20.5 Å². The Kier molecular flexibility index (Phi) is 4.71. The second-order valence-corrected chi connectivity index (χ2v) is 6.44. The van der Waals surface area contributed by atoms with Crippen LogP contribution < -0.4 is 4.74 Å². The Hall–Kier alpha value is -3.01. The second kappa shape index (κ2) is 7.31. The van der Waals surface area contributed by atoms with Crippen LogP contribution in [0.3, 0.4) is 0 Å². The first-order valence-corrected chi connectivity index (χ1v) is 8.96. The van der Waals surface area contributed by atoms with Gasteiger partial charge < -0.3 is 4.74 Å². The molecule has 0 atom stereocenters. The number of aromatic nitrogens is 6. The number of benzene rings is 2. The van der Waals surface area contributed by atoms with Crippen molar-refractivity contribution in [3.8, 4) is 11.4 Å². The van der Waals surface area contributed by atoms with Crippen LogP contribution in [0.5, 0.6) is 5.75 Å². The molecule has 0 unspecified atom stereocenters. The van der Waals surface area contributed by atoms with Gasteiger partial charge in [-0.3, -0.25) is 4.57 Å². The maximum absolute atomic E-state index is 13.6. The van der Waals surface area contributed by atoms with Crippen LogP contribution in [0.15, 0.2) is 53.7 Å². The number of methoxy groups -OCH3 is 1. The topological polar surface area (TPSA) is 70.7 Å². The number of hydrogen-bond acceptors (Lipinski definition) is 6. The van der Waals surface area contributed by atoms with Gasteiger partial charge in [-0.1, -0.05) is 36.0 Å². The van der Waals surface area contributed by atoms with Gasteiger partial charge in [-0.25, -0.2) is 4.98 Å². The Morgan fingerprint density at radius 1 is 1.11 bits per heavy atom. The standard InChI is InChI=1S/C17H14F2N6OS/c1-26-14-9-5-4-8-13(14)25-17(21-22-23-25)27-10-15-20-11-6-2-3-7-12(11)24(15)16(18)19/h2-9,16H,10H2,1H3. The maximum atomic E-state index is 13.6. The molecule has 0 N–H and O–H groups in total. The monoisotopic (exact) mass is 388 g/mol. The van der Waals surface area contributed by atoms with Gasteiger partial charge in [-0.15, -0.1) is 5.10 Å². The molecule has 10 heteroatoms. The summed E-state index contributed by atoms with van der Waals surface area (Å²) in [5.41, 5.74) is 1.58. The molecule has 27 heavy (non-hydrogen) atoms. The number of para-hydroxylation sites is 4. The first kappa shape index (κ1) is 17.4. The van der Waals surface area contributed by atoms with Gasteiger partial charge in [0.05, 0.1) is 23.9 Å². The molecule has 0 radical (unpaired) electrons. The lowest BCUT2D eigenvalue weighted by Gasteiger charge is -2.09. The average Bonchev–Trinajstić information content (AvgIpc) is 3.30. The molecule has 4 aromatic rings. The number of imidazole rings is 1. The first-order valence-electron chi connectivity index (χ1n) is 7.97. The quantitative estimate of drug-likeness (QED) is 0.469. The van der Waals surface area contributed by atoms with Gasteiger partial charge in [0.25, 0.3) is 0 Å². The van der Waals surface area contributed by atoms with Crippen LogP contribution in [0.2, 0.25) is 0 Å². The number of halogens is 2. The maximum Gasteiger partial charge on any atom is 0.320 e. The van der Waals surface area contributed by atoms with Crippen LogP contribution in [0.4, 0.5) is 8.78 Å². The molecule has 0 aliphatic carbocycles. The van der Waals surface area contributed by atoms with Crippen molar-refractivity contribution in [1.29, 1.82) is 0 Å². The van der Waals surface area contributed by atoms with Crippen molar-refractivity contribution in [3.05, 3.63) is 54.4 Å². The third kappa shape index (κ3) is 3.23. The largest absolute Gasteiger partial charge is 0.494 e. The van der Waals surface area contributed by atoms with E-state index in [4.69, 9.17) is 4.74 Å². The number of ether oxygens (including phenoxy) is 1. The summed E-state index contributed by atoms with van der Waals surface area (Å²) in [5.74, 6) is 1.05. The van der Waals surface area contributed by atoms with Crippen LogP contribution in [0, 0.1) is 0 Å². The highest BCUT2D eigenvalue weighted by atomic mass is 32.2. The van der Waals surface area contributed by atoms with Gasteiger partial charge >= 0.3 is 6.55 Å². The van der Waals surface area contributed by atoms with E-state index in [1.54, 1.807) is 37.4 Å². The molecule has 0 saturated heterocycles. The second-order valence-electron chi connectivity index (χ2n) is 5.50. The summed E-state index contributed by atoms with van der Waals surface area (Å²) in [6.07, 6.45) is 0. The van der Waals surface area contributed by atoms with E-state index in [1.807, 2.05) is 18.2 Å². The highest BCUT2D eigenvalue weighted by Crippen LogP contribution is 2.30. The highest BCUT2D eigenvalue weighted by molar-refractivity contribution is 7.98. The van der Waals surface area contributed by atoms with E-state index >= 15 is 0 Å². The van der Waals surface area contributed by atoms with Crippen LogP contribution in [0.25, 0.3) is 16.7 Å². The Morgan fingerprint density at radius 2 is 1.89 bits per heavy atom. The predicted octanol–water partition coefficient (Wildman–Crippen LogP) is 3.71. The number of hydrogen-bond donors (Lipinski definition) is 0. The number of nitrogens with zero attached hydrogens (tertiary/aromatic N) is 6. The number of thioether (sulfide) groups is 1. The predicted molar refractivity (Wildman–Crippen MR) is 96.3 cm³/mol. The van der Waals surface area contributed by atoms with Crippen molar-refractivity contribution in [2.24, 2.45) is 0 Å². The summed E-state index contributed by atoms with van der Waals surface area (Å²) in [4.78, 5) is 4.33. The SMILES string of the molecule is COc1ccccc1-n1nnnc1SCc1nc2ccccc2n1C(F)F. The Morgan fingerprint density at radius 3 is 2.70 bits per heavy atom. The van der Waals surface area contributed by atoms with Gasteiger partial charge in [-0.05, 0) is 34.7 Å². The van der Waals surface area contributed by atoms with Gasteiger partial charge in [0.2, 0.25) is 5.16 Å². The normalized spacial score (nSPS) is 11.4. The van der Waals surface area contributed by atoms with Crippen LogP contribution >= 0.6 is 11.8 Å². The summed E-state index contributed by atoms with van der Waals surface area (Å²) in [5, 5.41) is 12.1. The average molecular weight is 388 g/mol. The molecule has 2 aromatic heterocycles. The summed E-state index contributed by atoms with van der Waals surface area (Å²) in [6, 6.07) is 14.1. The van der Waals surface area contributed by atoms with Crippen molar-refractivity contribution in [1.82, 2.24) is 29.8 Å². The summed E-state index contributed by atoms with van der Waals surface area (Å²) in [7, 11) is 1.56. The number of tetrazole rings is 1. The van der Waals surface area contributed by atoms with Crippen LogP contribution in [-0.4, -0.2) is 36.9 Å². The van der Waals surface area contributed by atoms with Gasteiger partial charge in [0, 0.05) is 0 Å². The molecule has 2 aromatic carbocycles. The Bertz CT molecular complexity index is 1080. The van der Waals surface area contributed by atoms with Crippen molar-refractivity contribution in [2.75, 3.05) is 7.11 Å². The minimum absolute atomic E-state index is 0.189. The zero-order valence-corrected chi connectivity index (χ0v) is 15.0. The smallest absolute Gasteiger partial charge is 0.320 e. The number of fused-ring (bicyclic) bond motifs is 1. The van der Waals surface area contributed by atoms with Crippen LogP contribution in [0.1, 0.15) is 12.4 Å². The lowest BCUT2D eigenvalue weighted by atomic mass is 10.3. The van der Waals surface area contributed by atoms with Gasteiger partial charge in [0.1, 0.15) is 17.3 Å². The summed E-state index contributed by atoms with van der Waals surface area (Å²) in [6.45, 7) is -2.68. The first-order chi connectivity index (χ1) is 13.2. The fraction of sp³-hybridized carbons (Fsp3) is 0.176. The summed E-state index contributed by atoms with van der Waals surface area (Å²) < 4.78 is 34.9. The molecule has 0 spiro atoms. The van der Waals surface area contributed by atoms with Crippen molar-refractivity contribution in [3.63, 3.8) is 0 Å². The molecule has 2 heterocycles. The molecule has 0 aliphatic heterocycles. The molecular weight excluding hydrogens is 374 g/mol. The van der Waals surface area contributed by atoms with E-state index in [1.165, 1.54) is 16.4 Å². The highest BCUT2D eigenvalue weighted by Gasteiger charge is 2.19. The van der Waals surface area contributed by atoms with E-state index in [0.717, 1.165) is 4.57 Å². The molecule has 4 rings (SSSR count). The van der Waals surface area contributed by atoms with E-state index < -0.39 is 6.55 Å². The fourth-order valence-corrected chi connectivity index (χ4v) is 3.58. The third-order valence-corrected chi connectivity index (χ3v) is 4.86. The molecule has 0 saturated carbocycles. The molecule has 0 aliphatic rings. The molecule has 0 fully saturated rings. The van der Waals surface area contributed by atoms with Crippen molar-refractivity contribution < 1.29 is 13.5 Å². The molecule has 7 nitrogen and oxygen atoms in total. The zero-order valence-electron chi connectivity index (χ0n) is 14.2. The lowest BCUT2D eigenvalue weighted by Crippen LogP contribution is -2.05. The van der Waals surface area contributed by atoms with E-state index in [0.29, 0.717) is 27.6 Å². The van der Waals surface area contributed by atoms with Gasteiger partial charge in [0.15, 0.2) is 0 Å². The summed E-state index contributed by atoms with van der Waals surface area (Å²) >= 11 is 1.22. The zero-order chi connectivity index (χ0) is 18.8. The van der Waals surface area contributed by atoms with Gasteiger partial charge in [-0.2, -0.15) is 13.5 Å². The van der Waals surface area contributed by atoms with E-state index in [9.17, 15) is 8.78 Å². The molecular formula is C17H14F2N6OS. The minimum atomic E-state index is -2.68. The third-order valence-electron chi connectivity index (χ3n) is 3.95. The number of alkyl halides is 2. The Labute approximate surface area is 157 Å². The van der Waals surface area contributed by atoms with Crippen molar-refractivity contribution >= 4 is 22.8 Å². The number of rotatable bonds is 6. The van der Waals surface area contributed by atoms with Crippen LogP contribution in [-0.2, 0) is 5.75 Å².